The summed E-state index contributed by atoms with van der Waals surface area (Å²) in [5.74, 6) is 1.35. The summed E-state index contributed by atoms with van der Waals surface area (Å²) in [6, 6.07) is 15.3. The lowest BCUT2D eigenvalue weighted by Crippen LogP contribution is -1.95. The zero-order valence-electron chi connectivity index (χ0n) is 14.1. The molecule has 1 aromatic heterocycles. The Morgan fingerprint density at radius 1 is 0.800 bits per heavy atom. The van der Waals surface area contributed by atoms with Crippen molar-refractivity contribution in [1.82, 2.24) is 9.97 Å². The maximum atomic E-state index is 5.98. The molecule has 1 heterocycles. The predicted molar refractivity (Wildman–Crippen MR) is 103 cm³/mol. The van der Waals surface area contributed by atoms with E-state index in [1.165, 1.54) is 11.8 Å². The third-order valence-electron chi connectivity index (χ3n) is 3.71. The lowest BCUT2D eigenvalue weighted by atomic mass is 10.1. The number of benzene rings is 2. The molecule has 0 aliphatic rings. The number of thioether (sulfide) groups is 1. The molecule has 0 bridgehead atoms. The van der Waals surface area contributed by atoms with Crippen LogP contribution in [0.25, 0.3) is 22.5 Å². The topological polar surface area (TPSA) is 44.2 Å². The van der Waals surface area contributed by atoms with Gasteiger partial charge in [-0.25, -0.2) is 9.97 Å². The Kier molecular flexibility index (Phi) is 5.46. The van der Waals surface area contributed by atoms with Gasteiger partial charge in [0.05, 0.1) is 25.6 Å². The average Bonchev–Trinajstić information content (AvgIpc) is 2.67. The molecule has 0 aliphatic carbocycles. The highest BCUT2D eigenvalue weighted by Gasteiger charge is 2.11. The first-order valence-electron chi connectivity index (χ1n) is 7.56. The molecular weight excluding hydrogens is 356 g/mol. The summed E-state index contributed by atoms with van der Waals surface area (Å²) in [6.07, 6.45) is 1.96. The fourth-order valence-electron chi connectivity index (χ4n) is 2.43. The third-order valence-corrected chi connectivity index (χ3v) is 4.51. The number of hydrogen-bond donors (Lipinski definition) is 0. The van der Waals surface area contributed by atoms with Gasteiger partial charge in [0.25, 0.3) is 0 Å². The molecule has 2 aromatic carbocycles. The van der Waals surface area contributed by atoms with Gasteiger partial charge in [0, 0.05) is 16.1 Å². The number of ether oxygens (including phenoxy) is 2. The summed E-state index contributed by atoms with van der Waals surface area (Å²) in [5, 5.41) is 1.40. The van der Waals surface area contributed by atoms with Crippen LogP contribution < -0.4 is 9.47 Å². The summed E-state index contributed by atoms with van der Waals surface area (Å²) in [6.45, 7) is 0. The highest BCUT2D eigenvalue weighted by molar-refractivity contribution is 7.98. The van der Waals surface area contributed by atoms with Crippen molar-refractivity contribution in [2.45, 2.75) is 5.16 Å². The Labute approximate surface area is 156 Å². The second-order valence-corrected chi connectivity index (χ2v) is 6.41. The molecule has 0 amide bonds. The molecule has 0 spiro atoms. The molecule has 3 aromatic rings. The van der Waals surface area contributed by atoms with E-state index in [4.69, 9.17) is 21.1 Å². The second kappa shape index (κ2) is 7.76. The zero-order valence-corrected chi connectivity index (χ0v) is 15.7. The monoisotopic (exact) mass is 372 g/mol. The molecular formula is C19H17ClN2O2S. The Hall–Kier alpha value is -2.24. The van der Waals surface area contributed by atoms with Gasteiger partial charge in [-0.15, -0.1) is 0 Å². The lowest BCUT2D eigenvalue weighted by Gasteiger charge is -2.11. The molecule has 0 saturated carbocycles. The molecule has 0 atom stereocenters. The van der Waals surface area contributed by atoms with Crippen molar-refractivity contribution < 1.29 is 9.47 Å². The lowest BCUT2D eigenvalue weighted by molar-refractivity contribution is 0.355. The number of methoxy groups -OCH3 is 2. The molecule has 0 unspecified atom stereocenters. The Morgan fingerprint density at radius 2 is 1.40 bits per heavy atom. The minimum atomic E-state index is 0.664. The second-order valence-electron chi connectivity index (χ2n) is 5.20. The van der Waals surface area contributed by atoms with E-state index in [0.29, 0.717) is 21.7 Å². The standard InChI is InChI=1S/C19H17ClN2O2S/c1-23-17-9-6-13(10-18(17)24-2)16-11-15(21-19(22-16)25-3)12-4-7-14(20)8-5-12/h4-11H,1-3H3. The van der Waals surface area contributed by atoms with E-state index in [-0.39, 0.29) is 0 Å². The highest BCUT2D eigenvalue weighted by atomic mass is 35.5. The van der Waals surface area contributed by atoms with Crippen LogP contribution in [0.4, 0.5) is 0 Å². The summed E-state index contributed by atoms with van der Waals surface area (Å²) < 4.78 is 10.7. The Morgan fingerprint density at radius 3 is 2.00 bits per heavy atom. The van der Waals surface area contributed by atoms with Crippen LogP contribution in [0.2, 0.25) is 5.02 Å². The maximum Gasteiger partial charge on any atom is 0.188 e. The molecule has 0 radical (unpaired) electrons. The molecule has 128 valence electrons. The average molecular weight is 373 g/mol. The van der Waals surface area contributed by atoms with Crippen molar-refractivity contribution in [3.05, 3.63) is 53.6 Å². The number of hydrogen-bond acceptors (Lipinski definition) is 5. The van der Waals surface area contributed by atoms with Gasteiger partial charge >= 0.3 is 0 Å². The normalized spacial score (nSPS) is 10.6. The first-order valence-corrected chi connectivity index (χ1v) is 9.16. The van der Waals surface area contributed by atoms with Gasteiger partial charge in [-0.1, -0.05) is 35.5 Å². The van der Waals surface area contributed by atoms with Gasteiger partial charge in [-0.2, -0.15) is 0 Å². The van der Waals surface area contributed by atoms with Gasteiger partial charge < -0.3 is 9.47 Å². The summed E-state index contributed by atoms with van der Waals surface area (Å²) in [5.41, 5.74) is 3.60. The van der Waals surface area contributed by atoms with E-state index < -0.39 is 0 Å². The summed E-state index contributed by atoms with van der Waals surface area (Å²) in [7, 11) is 3.24. The van der Waals surface area contributed by atoms with E-state index in [2.05, 4.69) is 9.97 Å². The molecule has 25 heavy (non-hydrogen) atoms. The van der Waals surface area contributed by atoms with E-state index >= 15 is 0 Å². The van der Waals surface area contributed by atoms with Crippen LogP contribution in [0.5, 0.6) is 11.5 Å². The van der Waals surface area contributed by atoms with E-state index in [0.717, 1.165) is 22.5 Å². The smallest absolute Gasteiger partial charge is 0.188 e. The van der Waals surface area contributed by atoms with Gasteiger partial charge in [0.15, 0.2) is 16.7 Å². The Balaban J connectivity index is 2.10. The van der Waals surface area contributed by atoms with Gasteiger partial charge in [-0.05, 0) is 42.7 Å². The van der Waals surface area contributed by atoms with Crippen molar-refractivity contribution in [3.63, 3.8) is 0 Å². The van der Waals surface area contributed by atoms with E-state index in [9.17, 15) is 0 Å². The molecule has 0 N–H and O–H groups in total. The fraction of sp³-hybridized carbons (Fsp3) is 0.158. The SMILES string of the molecule is COc1ccc(-c2cc(-c3ccc(Cl)cc3)nc(SC)n2)cc1OC. The van der Waals surface area contributed by atoms with Crippen LogP contribution in [0, 0.1) is 0 Å². The maximum absolute atomic E-state index is 5.98. The largest absolute Gasteiger partial charge is 0.493 e. The van der Waals surface area contributed by atoms with Gasteiger partial charge in [0.2, 0.25) is 0 Å². The molecule has 3 rings (SSSR count). The van der Waals surface area contributed by atoms with Crippen molar-refractivity contribution in [1.29, 1.82) is 0 Å². The van der Waals surface area contributed by atoms with Crippen molar-refractivity contribution in [2.75, 3.05) is 20.5 Å². The number of halogens is 1. The minimum absolute atomic E-state index is 0.664. The van der Waals surface area contributed by atoms with Gasteiger partial charge in [0.1, 0.15) is 0 Å². The highest BCUT2D eigenvalue weighted by Crippen LogP contribution is 2.33. The molecule has 0 fully saturated rings. The third kappa shape index (κ3) is 3.89. The molecule has 4 nitrogen and oxygen atoms in total. The summed E-state index contributed by atoms with van der Waals surface area (Å²) >= 11 is 7.49. The van der Waals surface area contributed by atoms with E-state index in [1.807, 2.05) is 54.8 Å². The van der Waals surface area contributed by atoms with Crippen LogP contribution in [0.15, 0.2) is 53.7 Å². The van der Waals surface area contributed by atoms with Crippen molar-refractivity contribution >= 4 is 23.4 Å². The van der Waals surface area contributed by atoms with Crippen LogP contribution in [0.1, 0.15) is 0 Å². The van der Waals surface area contributed by atoms with Crippen LogP contribution in [0.3, 0.4) is 0 Å². The molecule has 6 heteroatoms. The molecule has 0 aliphatic heterocycles. The first kappa shape index (κ1) is 17.6. The number of nitrogens with zero attached hydrogens (tertiary/aromatic N) is 2. The Bertz CT molecular complexity index is 885. The quantitative estimate of drug-likeness (QED) is 0.454. The predicted octanol–water partition coefficient (Wildman–Crippen LogP) is 5.20. The number of aromatic nitrogens is 2. The van der Waals surface area contributed by atoms with E-state index in [1.54, 1.807) is 14.2 Å². The minimum Gasteiger partial charge on any atom is -0.493 e. The molecule has 0 saturated heterocycles. The number of rotatable bonds is 5. The van der Waals surface area contributed by atoms with Crippen LogP contribution in [-0.4, -0.2) is 30.4 Å². The van der Waals surface area contributed by atoms with Crippen LogP contribution >= 0.6 is 23.4 Å². The van der Waals surface area contributed by atoms with Crippen molar-refractivity contribution in [3.8, 4) is 34.0 Å². The zero-order chi connectivity index (χ0) is 17.8. The first-order chi connectivity index (χ1) is 12.1. The van der Waals surface area contributed by atoms with Crippen molar-refractivity contribution in [2.24, 2.45) is 0 Å². The van der Waals surface area contributed by atoms with Gasteiger partial charge in [-0.3, -0.25) is 0 Å². The fourth-order valence-corrected chi connectivity index (χ4v) is 2.93. The summed E-state index contributed by atoms with van der Waals surface area (Å²) in [4.78, 5) is 9.23. The van der Waals surface area contributed by atoms with Crippen LogP contribution in [-0.2, 0) is 0 Å².